The molecule has 3 aromatic carbocycles. The summed E-state index contributed by atoms with van der Waals surface area (Å²) in [5.41, 5.74) is 5.32. The topological polar surface area (TPSA) is 50.8 Å². The first-order chi connectivity index (χ1) is 16.0. The molecule has 1 amide bonds. The average molecular weight is 465 g/mol. The normalized spacial score (nSPS) is 15.6. The van der Waals surface area contributed by atoms with Crippen molar-refractivity contribution in [3.05, 3.63) is 93.5 Å². The molecule has 0 aromatic heterocycles. The average Bonchev–Trinajstić information content (AvgIpc) is 2.82. The number of aryl methyl sites for hydroxylation is 1. The highest BCUT2D eigenvalue weighted by molar-refractivity contribution is 6.33. The van der Waals surface area contributed by atoms with E-state index in [0.29, 0.717) is 22.9 Å². The molecule has 0 spiro atoms. The molecule has 33 heavy (non-hydrogen) atoms. The van der Waals surface area contributed by atoms with E-state index in [-0.39, 0.29) is 11.9 Å². The van der Waals surface area contributed by atoms with E-state index in [2.05, 4.69) is 47.5 Å². The van der Waals surface area contributed by atoms with Crippen molar-refractivity contribution in [2.75, 3.05) is 27.3 Å². The van der Waals surface area contributed by atoms with Crippen LogP contribution in [0.25, 0.3) is 0 Å². The molecule has 0 saturated carbocycles. The smallest absolute Gasteiger partial charge is 0.252 e. The molecule has 1 aliphatic rings. The molecule has 0 fully saturated rings. The third-order valence-electron chi connectivity index (χ3n) is 6.16. The van der Waals surface area contributed by atoms with Gasteiger partial charge < -0.3 is 14.8 Å². The van der Waals surface area contributed by atoms with E-state index in [9.17, 15) is 4.79 Å². The van der Waals surface area contributed by atoms with Gasteiger partial charge in [0.05, 0.1) is 30.8 Å². The van der Waals surface area contributed by atoms with Gasteiger partial charge in [0.15, 0.2) is 11.5 Å². The van der Waals surface area contributed by atoms with Crippen LogP contribution in [0.15, 0.2) is 60.7 Å². The van der Waals surface area contributed by atoms with Gasteiger partial charge in [-0.25, -0.2) is 0 Å². The Hall–Kier alpha value is -3.02. The molecule has 172 valence electrons. The molecule has 1 unspecified atom stereocenters. The van der Waals surface area contributed by atoms with Crippen LogP contribution in [0.4, 0.5) is 0 Å². The fourth-order valence-corrected chi connectivity index (χ4v) is 4.70. The lowest BCUT2D eigenvalue weighted by atomic mass is 9.91. The Morgan fingerprint density at radius 2 is 1.82 bits per heavy atom. The maximum absolute atomic E-state index is 12.9. The van der Waals surface area contributed by atoms with Gasteiger partial charge in [0.1, 0.15) is 0 Å². The summed E-state index contributed by atoms with van der Waals surface area (Å²) in [5, 5.41) is 3.55. The Kier molecular flexibility index (Phi) is 7.21. The number of nitrogens with one attached hydrogen (secondary N) is 1. The van der Waals surface area contributed by atoms with Crippen LogP contribution in [-0.4, -0.2) is 38.1 Å². The zero-order valence-corrected chi connectivity index (χ0v) is 20.0. The number of hydrogen-bond acceptors (Lipinski definition) is 4. The van der Waals surface area contributed by atoms with Crippen molar-refractivity contribution in [1.82, 2.24) is 10.2 Å². The van der Waals surface area contributed by atoms with Gasteiger partial charge in [0.2, 0.25) is 0 Å². The third kappa shape index (κ3) is 5.15. The number of nitrogens with zero attached hydrogens (tertiary/aromatic N) is 1. The lowest BCUT2D eigenvalue weighted by molar-refractivity contribution is 0.0926. The van der Waals surface area contributed by atoms with Gasteiger partial charge in [-0.15, -0.1) is 0 Å². The Labute approximate surface area is 200 Å². The second kappa shape index (κ2) is 10.3. The molecule has 0 aliphatic carbocycles. The lowest BCUT2D eigenvalue weighted by Gasteiger charge is -2.38. The highest BCUT2D eigenvalue weighted by atomic mass is 35.5. The van der Waals surface area contributed by atoms with E-state index < -0.39 is 0 Å². The van der Waals surface area contributed by atoms with Crippen LogP contribution in [-0.2, 0) is 13.0 Å². The Bertz CT molecular complexity index is 1150. The van der Waals surface area contributed by atoms with E-state index in [4.69, 9.17) is 21.1 Å². The first kappa shape index (κ1) is 23.1. The number of rotatable bonds is 7. The van der Waals surface area contributed by atoms with Gasteiger partial charge in [-0.05, 0) is 54.3 Å². The third-order valence-corrected chi connectivity index (χ3v) is 6.49. The number of methoxy groups -OCH3 is 2. The fourth-order valence-electron chi connectivity index (χ4n) is 4.48. The van der Waals surface area contributed by atoms with Crippen molar-refractivity contribution in [2.45, 2.75) is 25.9 Å². The second-order valence-electron chi connectivity index (χ2n) is 8.32. The Morgan fingerprint density at radius 3 is 2.55 bits per heavy atom. The summed E-state index contributed by atoms with van der Waals surface area (Å²) < 4.78 is 11.1. The van der Waals surface area contributed by atoms with Crippen LogP contribution >= 0.6 is 11.6 Å². The van der Waals surface area contributed by atoms with E-state index in [1.165, 1.54) is 16.7 Å². The number of amides is 1. The summed E-state index contributed by atoms with van der Waals surface area (Å²) >= 11 is 6.24. The minimum Gasteiger partial charge on any atom is -0.493 e. The molecule has 1 atom stereocenters. The van der Waals surface area contributed by atoms with Crippen molar-refractivity contribution >= 4 is 17.5 Å². The molecule has 4 rings (SSSR count). The van der Waals surface area contributed by atoms with Crippen LogP contribution in [0.5, 0.6) is 11.5 Å². The van der Waals surface area contributed by atoms with Crippen LogP contribution in [0.3, 0.4) is 0 Å². The summed E-state index contributed by atoms with van der Waals surface area (Å²) in [4.78, 5) is 15.3. The minimum atomic E-state index is -0.177. The van der Waals surface area contributed by atoms with E-state index in [1.54, 1.807) is 26.4 Å². The number of halogens is 1. The zero-order chi connectivity index (χ0) is 23.4. The summed E-state index contributed by atoms with van der Waals surface area (Å²) in [5.74, 6) is 1.24. The Morgan fingerprint density at radius 1 is 1.06 bits per heavy atom. The van der Waals surface area contributed by atoms with E-state index >= 15 is 0 Å². The highest BCUT2D eigenvalue weighted by Gasteiger charge is 2.30. The number of ether oxygens (including phenoxy) is 2. The zero-order valence-electron chi connectivity index (χ0n) is 19.2. The largest absolute Gasteiger partial charge is 0.493 e. The summed E-state index contributed by atoms with van der Waals surface area (Å²) in [6.07, 6.45) is 0.899. The van der Waals surface area contributed by atoms with Crippen LogP contribution in [0.1, 0.15) is 38.7 Å². The Balaban J connectivity index is 1.64. The van der Waals surface area contributed by atoms with E-state index in [1.807, 2.05) is 18.2 Å². The first-order valence-electron chi connectivity index (χ1n) is 11.1. The number of carbonyl (C=O) groups is 1. The summed E-state index contributed by atoms with van der Waals surface area (Å²) in [6, 6.07) is 19.7. The van der Waals surface area contributed by atoms with Crippen LogP contribution < -0.4 is 14.8 Å². The summed E-state index contributed by atoms with van der Waals surface area (Å²) in [7, 11) is 3.30. The summed E-state index contributed by atoms with van der Waals surface area (Å²) in [6.45, 7) is 4.23. The van der Waals surface area contributed by atoms with Crippen LogP contribution in [0, 0.1) is 6.92 Å². The van der Waals surface area contributed by atoms with E-state index in [0.717, 1.165) is 30.8 Å². The molecule has 1 N–H and O–H groups in total. The van der Waals surface area contributed by atoms with Gasteiger partial charge >= 0.3 is 0 Å². The number of fused-ring (bicyclic) bond motifs is 1. The molecule has 6 heteroatoms. The molecule has 1 aliphatic heterocycles. The molecule has 0 bridgehead atoms. The SMILES string of the molecule is COc1cc2c(cc1OC)C(CNC(=O)c1ccccc1Cl)N(Cc1cccc(C)c1)CC2. The van der Waals surface area contributed by atoms with Crippen LogP contribution in [0.2, 0.25) is 5.02 Å². The maximum Gasteiger partial charge on any atom is 0.252 e. The van der Waals surface area contributed by atoms with Crippen molar-refractivity contribution in [2.24, 2.45) is 0 Å². The molecule has 1 heterocycles. The second-order valence-corrected chi connectivity index (χ2v) is 8.73. The number of benzene rings is 3. The molecule has 5 nitrogen and oxygen atoms in total. The van der Waals surface area contributed by atoms with Crippen molar-refractivity contribution in [3.8, 4) is 11.5 Å². The number of carbonyl (C=O) groups excluding carboxylic acids is 1. The molecular weight excluding hydrogens is 436 g/mol. The van der Waals surface area contributed by atoms with Gasteiger partial charge in [-0.1, -0.05) is 53.6 Å². The van der Waals surface area contributed by atoms with Gasteiger partial charge in [-0.3, -0.25) is 9.69 Å². The standard InChI is InChI=1S/C27H29ClN2O3/c1-18-7-6-8-19(13-18)17-30-12-11-20-14-25(32-2)26(33-3)15-22(20)24(30)16-29-27(31)21-9-4-5-10-23(21)28/h4-10,13-15,24H,11-12,16-17H2,1-3H3,(H,29,31). The monoisotopic (exact) mass is 464 g/mol. The first-order valence-corrected chi connectivity index (χ1v) is 11.4. The van der Waals surface area contributed by atoms with Crippen molar-refractivity contribution in [1.29, 1.82) is 0 Å². The van der Waals surface area contributed by atoms with Gasteiger partial charge in [0, 0.05) is 19.6 Å². The predicted octanol–water partition coefficient (Wildman–Crippen LogP) is 5.20. The minimum absolute atomic E-state index is 0.0134. The molecule has 3 aromatic rings. The fraction of sp³-hybridized carbons (Fsp3) is 0.296. The molecular formula is C27H29ClN2O3. The maximum atomic E-state index is 12.9. The number of hydrogen-bond donors (Lipinski definition) is 1. The van der Waals surface area contributed by atoms with Crippen molar-refractivity contribution in [3.63, 3.8) is 0 Å². The highest BCUT2D eigenvalue weighted by Crippen LogP contribution is 2.38. The van der Waals surface area contributed by atoms with Crippen molar-refractivity contribution < 1.29 is 14.3 Å². The quantitative estimate of drug-likeness (QED) is 0.522. The lowest BCUT2D eigenvalue weighted by Crippen LogP contribution is -2.41. The predicted molar refractivity (Wildman–Crippen MR) is 131 cm³/mol. The molecule has 0 saturated heterocycles. The molecule has 0 radical (unpaired) electrons. The van der Waals surface area contributed by atoms with Gasteiger partial charge in [-0.2, -0.15) is 0 Å². The van der Waals surface area contributed by atoms with Gasteiger partial charge in [0.25, 0.3) is 5.91 Å².